The first-order chi connectivity index (χ1) is 9.59. The van der Waals surface area contributed by atoms with E-state index in [2.05, 4.69) is 0 Å². The highest BCUT2D eigenvalue weighted by Crippen LogP contribution is 2.21. The van der Waals surface area contributed by atoms with Crippen LogP contribution in [-0.4, -0.2) is 44.1 Å². The molecule has 0 saturated carbocycles. The van der Waals surface area contributed by atoms with Crippen LogP contribution in [0, 0.1) is 0 Å². The summed E-state index contributed by atoms with van der Waals surface area (Å²) in [6, 6.07) is 4.99. The van der Waals surface area contributed by atoms with Gasteiger partial charge >= 0.3 is 0 Å². The summed E-state index contributed by atoms with van der Waals surface area (Å²) in [4.78, 5) is 0.251. The molecule has 0 atom stereocenters. The minimum Gasteiger partial charge on any atom is -0.392 e. The van der Waals surface area contributed by atoms with Crippen molar-refractivity contribution in [3.05, 3.63) is 29.3 Å². The van der Waals surface area contributed by atoms with Gasteiger partial charge in [-0.15, -0.1) is 0 Å². The SMILES string of the molecule is CCc1ccc(S(=O)(=O)N2CCCOCC2)cc1CO. The van der Waals surface area contributed by atoms with E-state index in [9.17, 15) is 13.5 Å². The Morgan fingerprint density at radius 1 is 1.25 bits per heavy atom. The average Bonchev–Trinajstić information content (AvgIpc) is 2.76. The second kappa shape index (κ2) is 6.67. The highest BCUT2D eigenvalue weighted by molar-refractivity contribution is 7.89. The molecule has 0 spiro atoms. The number of aryl methyl sites for hydroxylation is 1. The Morgan fingerprint density at radius 3 is 2.75 bits per heavy atom. The molecule has 112 valence electrons. The Balaban J connectivity index is 2.33. The van der Waals surface area contributed by atoms with Gasteiger partial charge in [0.25, 0.3) is 0 Å². The van der Waals surface area contributed by atoms with Crippen LogP contribution in [0.1, 0.15) is 24.5 Å². The number of ether oxygens (including phenoxy) is 1. The quantitative estimate of drug-likeness (QED) is 0.906. The smallest absolute Gasteiger partial charge is 0.243 e. The van der Waals surface area contributed by atoms with Gasteiger partial charge in [0.15, 0.2) is 0 Å². The number of benzene rings is 1. The van der Waals surface area contributed by atoms with Crippen molar-refractivity contribution in [1.82, 2.24) is 4.31 Å². The zero-order chi connectivity index (χ0) is 14.6. The highest BCUT2D eigenvalue weighted by Gasteiger charge is 2.25. The molecule has 0 aromatic heterocycles. The molecular weight excluding hydrogens is 278 g/mol. The predicted molar refractivity (Wildman–Crippen MR) is 75.9 cm³/mol. The van der Waals surface area contributed by atoms with Crippen molar-refractivity contribution in [2.45, 2.75) is 31.3 Å². The molecule has 1 saturated heterocycles. The number of aliphatic hydroxyl groups excluding tert-OH is 1. The normalized spacial score (nSPS) is 17.9. The van der Waals surface area contributed by atoms with Crippen LogP contribution in [0.3, 0.4) is 0 Å². The molecule has 1 aromatic carbocycles. The first-order valence-corrected chi connectivity index (χ1v) is 8.34. The van der Waals surface area contributed by atoms with Crippen molar-refractivity contribution >= 4 is 10.0 Å². The molecule has 1 heterocycles. The van der Waals surface area contributed by atoms with E-state index in [0.29, 0.717) is 38.3 Å². The maximum Gasteiger partial charge on any atom is 0.243 e. The van der Waals surface area contributed by atoms with Crippen molar-refractivity contribution in [3.8, 4) is 0 Å². The Labute approximate surface area is 120 Å². The van der Waals surface area contributed by atoms with Crippen LogP contribution in [0.15, 0.2) is 23.1 Å². The van der Waals surface area contributed by atoms with Gasteiger partial charge in [-0.1, -0.05) is 13.0 Å². The third-order valence-corrected chi connectivity index (χ3v) is 5.44. The molecule has 1 aromatic rings. The largest absolute Gasteiger partial charge is 0.392 e. The van der Waals surface area contributed by atoms with E-state index in [1.54, 1.807) is 18.2 Å². The van der Waals surface area contributed by atoms with E-state index < -0.39 is 10.0 Å². The Hall–Kier alpha value is -0.950. The number of sulfonamides is 1. The van der Waals surface area contributed by atoms with Crippen molar-refractivity contribution < 1.29 is 18.3 Å². The van der Waals surface area contributed by atoms with E-state index in [1.165, 1.54) is 4.31 Å². The number of rotatable bonds is 4. The monoisotopic (exact) mass is 299 g/mol. The lowest BCUT2D eigenvalue weighted by Gasteiger charge is -2.20. The zero-order valence-corrected chi connectivity index (χ0v) is 12.5. The van der Waals surface area contributed by atoms with Crippen LogP contribution >= 0.6 is 0 Å². The topological polar surface area (TPSA) is 66.8 Å². The molecule has 1 aliphatic rings. The third-order valence-electron chi connectivity index (χ3n) is 3.55. The number of nitrogens with zero attached hydrogens (tertiary/aromatic N) is 1. The van der Waals surface area contributed by atoms with Crippen LogP contribution in [-0.2, 0) is 27.8 Å². The van der Waals surface area contributed by atoms with Gasteiger partial charge in [0.05, 0.1) is 18.1 Å². The molecule has 1 fully saturated rings. The Morgan fingerprint density at radius 2 is 2.05 bits per heavy atom. The molecule has 0 unspecified atom stereocenters. The number of hydrogen-bond donors (Lipinski definition) is 1. The summed E-state index contributed by atoms with van der Waals surface area (Å²) < 4.78 is 31.9. The van der Waals surface area contributed by atoms with Gasteiger partial charge in [-0.2, -0.15) is 4.31 Å². The van der Waals surface area contributed by atoms with Crippen LogP contribution in [0.5, 0.6) is 0 Å². The van der Waals surface area contributed by atoms with Crippen molar-refractivity contribution in [2.24, 2.45) is 0 Å². The summed E-state index contributed by atoms with van der Waals surface area (Å²) in [5.74, 6) is 0. The van der Waals surface area contributed by atoms with Crippen molar-refractivity contribution in [1.29, 1.82) is 0 Å². The second-order valence-corrected chi connectivity index (χ2v) is 6.75. The Kier molecular flexibility index (Phi) is 5.15. The van der Waals surface area contributed by atoms with Crippen LogP contribution in [0.25, 0.3) is 0 Å². The molecule has 2 rings (SSSR count). The lowest BCUT2D eigenvalue weighted by molar-refractivity contribution is 0.148. The third kappa shape index (κ3) is 3.20. The van der Waals surface area contributed by atoms with Crippen LogP contribution in [0.4, 0.5) is 0 Å². The van der Waals surface area contributed by atoms with Gasteiger partial charge in [0.1, 0.15) is 0 Å². The minimum atomic E-state index is -3.50. The van der Waals surface area contributed by atoms with E-state index in [1.807, 2.05) is 6.92 Å². The van der Waals surface area contributed by atoms with Gasteiger partial charge in [-0.25, -0.2) is 8.42 Å². The molecule has 6 heteroatoms. The Bertz CT molecular complexity index is 548. The summed E-state index contributed by atoms with van der Waals surface area (Å²) in [5.41, 5.74) is 1.66. The molecule has 0 aliphatic carbocycles. The van der Waals surface area contributed by atoms with Crippen LogP contribution in [0.2, 0.25) is 0 Å². The first kappa shape index (κ1) is 15.4. The standard InChI is InChI=1S/C14H21NO4S/c1-2-12-4-5-14(10-13(12)11-16)20(17,18)15-6-3-8-19-9-7-15/h4-5,10,16H,2-3,6-9,11H2,1H3. The van der Waals surface area contributed by atoms with Crippen molar-refractivity contribution in [3.63, 3.8) is 0 Å². The van der Waals surface area contributed by atoms with Gasteiger partial charge in [0, 0.05) is 19.7 Å². The predicted octanol–water partition coefficient (Wildman–Crippen LogP) is 1.15. The van der Waals surface area contributed by atoms with E-state index >= 15 is 0 Å². The summed E-state index contributed by atoms with van der Waals surface area (Å²) in [6.45, 7) is 3.73. The molecular formula is C14H21NO4S. The molecule has 20 heavy (non-hydrogen) atoms. The number of aliphatic hydroxyl groups is 1. The lowest BCUT2D eigenvalue weighted by atomic mass is 10.1. The fraction of sp³-hybridized carbons (Fsp3) is 0.571. The molecule has 1 aliphatic heterocycles. The minimum absolute atomic E-state index is 0.143. The number of hydrogen-bond acceptors (Lipinski definition) is 4. The van der Waals surface area contributed by atoms with E-state index in [4.69, 9.17) is 4.74 Å². The van der Waals surface area contributed by atoms with Crippen LogP contribution < -0.4 is 0 Å². The van der Waals surface area contributed by atoms with Gasteiger partial charge < -0.3 is 9.84 Å². The molecule has 0 bridgehead atoms. The average molecular weight is 299 g/mol. The fourth-order valence-electron chi connectivity index (χ4n) is 2.37. The highest BCUT2D eigenvalue weighted by atomic mass is 32.2. The zero-order valence-electron chi connectivity index (χ0n) is 11.7. The molecule has 0 radical (unpaired) electrons. The lowest BCUT2D eigenvalue weighted by Crippen LogP contribution is -2.33. The summed E-state index contributed by atoms with van der Waals surface area (Å²) in [6.07, 6.45) is 1.48. The maximum atomic E-state index is 12.6. The summed E-state index contributed by atoms with van der Waals surface area (Å²) in [7, 11) is -3.50. The maximum absolute atomic E-state index is 12.6. The molecule has 0 amide bonds. The van der Waals surface area contributed by atoms with E-state index in [-0.39, 0.29) is 11.5 Å². The van der Waals surface area contributed by atoms with Gasteiger partial charge in [0.2, 0.25) is 10.0 Å². The summed E-state index contributed by atoms with van der Waals surface area (Å²) in [5, 5.41) is 9.37. The van der Waals surface area contributed by atoms with E-state index in [0.717, 1.165) is 12.0 Å². The molecule has 1 N–H and O–H groups in total. The van der Waals surface area contributed by atoms with Crippen molar-refractivity contribution in [2.75, 3.05) is 26.3 Å². The second-order valence-electron chi connectivity index (χ2n) is 4.81. The molecule has 5 nitrogen and oxygen atoms in total. The summed E-state index contributed by atoms with van der Waals surface area (Å²) >= 11 is 0. The van der Waals surface area contributed by atoms with Gasteiger partial charge in [-0.05, 0) is 36.1 Å². The fourth-order valence-corrected chi connectivity index (χ4v) is 3.88. The first-order valence-electron chi connectivity index (χ1n) is 6.90. The van der Waals surface area contributed by atoms with Gasteiger partial charge in [-0.3, -0.25) is 0 Å².